The molecule has 0 aliphatic carbocycles. The average Bonchev–Trinajstić information content (AvgIpc) is 2.49. The monoisotopic (exact) mass is 281 g/mol. The molecule has 20 heavy (non-hydrogen) atoms. The number of aliphatic hydroxyl groups excluding tert-OH is 1. The highest BCUT2D eigenvalue weighted by Crippen LogP contribution is 2.32. The molecule has 0 radical (unpaired) electrons. The van der Waals surface area contributed by atoms with Crippen LogP contribution in [-0.4, -0.2) is 44.2 Å². The quantitative estimate of drug-likeness (QED) is 0.714. The minimum Gasteiger partial charge on any atom is -0.486 e. The summed E-state index contributed by atoms with van der Waals surface area (Å²) in [5.41, 5.74) is 0.904. The molecule has 1 atom stereocenters. The van der Waals surface area contributed by atoms with Gasteiger partial charge in [0.1, 0.15) is 13.2 Å². The second-order valence-corrected chi connectivity index (χ2v) is 4.82. The van der Waals surface area contributed by atoms with Gasteiger partial charge in [-0.15, -0.1) is 0 Å². The summed E-state index contributed by atoms with van der Waals surface area (Å²) in [6.07, 6.45) is 1.62. The third-order valence-electron chi connectivity index (χ3n) is 3.04. The normalized spacial score (nSPS) is 14.9. The molecule has 1 aliphatic heterocycles. The predicted molar refractivity (Wildman–Crippen MR) is 77.7 cm³/mol. The molecule has 5 nitrogen and oxygen atoms in total. The van der Waals surface area contributed by atoms with E-state index in [2.05, 4.69) is 12.2 Å². The van der Waals surface area contributed by atoms with Gasteiger partial charge in [-0.3, -0.25) is 0 Å². The highest BCUT2D eigenvalue weighted by Gasteiger charge is 2.12. The van der Waals surface area contributed by atoms with Gasteiger partial charge in [-0.1, -0.05) is 13.3 Å². The fraction of sp³-hybridized carbons (Fsp3) is 0.600. The van der Waals surface area contributed by atoms with E-state index in [1.807, 2.05) is 18.2 Å². The molecule has 0 spiro atoms. The van der Waals surface area contributed by atoms with Gasteiger partial charge in [-0.05, 0) is 18.6 Å². The van der Waals surface area contributed by atoms with Crippen molar-refractivity contribution in [3.63, 3.8) is 0 Å². The molecule has 5 heteroatoms. The van der Waals surface area contributed by atoms with Crippen LogP contribution < -0.4 is 14.8 Å². The van der Waals surface area contributed by atoms with E-state index in [-0.39, 0.29) is 0 Å². The number of rotatable bonds is 8. The Balaban J connectivity index is 1.73. The Morgan fingerprint density at radius 2 is 2.10 bits per heavy atom. The van der Waals surface area contributed by atoms with Crippen molar-refractivity contribution in [2.75, 3.05) is 38.3 Å². The van der Waals surface area contributed by atoms with E-state index in [1.165, 1.54) is 0 Å². The molecule has 0 bridgehead atoms. The summed E-state index contributed by atoms with van der Waals surface area (Å²) in [4.78, 5) is 0. The Morgan fingerprint density at radius 3 is 2.90 bits per heavy atom. The SMILES string of the molecule is CCCCOCC(O)CNc1ccc2c(c1)OCCO2. The van der Waals surface area contributed by atoms with Crippen LogP contribution in [0.1, 0.15) is 19.8 Å². The van der Waals surface area contributed by atoms with Crippen molar-refractivity contribution in [3.05, 3.63) is 18.2 Å². The van der Waals surface area contributed by atoms with Crippen LogP contribution in [0.3, 0.4) is 0 Å². The Labute approximate surface area is 119 Å². The summed E-state index contributed by atoms with van der Waals surface area (Å²) >= 11 is 0. The van der Waals surface area contributed by atoms with E-state index in [0.29, 0.717) is 33.0 Å². The van der Waals surface area contributed by atoms with Crippen molar-refractivity contribution in [1.82, 2.24) is 0 Å². The van der Waals surface area contributed by atoms with E-state index in [9.17, 15) is 5.11 Å². The van der Waals surface area contributed by atoms with Crippen LogP contribution >= 0.6 is 0 Å². The van der Waals surface area contributed by atoms with E-state index >= 15 is 0 Å². The summed E-state index contributed by atoms with van der Waals surface area (Å²) in [5, 5.41) is 13.0. The first-order valence-corrected chi connectivity index (χ1v) is 7.19. The maximum Gasteiger partial charge on any atom is 0.163 e. The molecule has 0 fully saturated rings. The average molecular weight is 281 g/mol. The molecule has 0 aromatic heterocycles. The fourth-order valence-corrected chi connectivity index (χ4v) is 1.91. The van der Waals surface area contributed by atoms with Gasteiger partial charge in [0.25, 0.3) is 0 Å². The Morgan fingerprint density at radius 1 is 1.30 bits per heavy atom. The molecule has 0 saturated heterocycles. The number of anilines is 1. The zero-order valence-electron chi connectivity index (χ0n) is 11.9. The zero-order chi connectivity index (χ0) is 14.2. The summed E-state index contributed by atoms with van der Waals surface area (Å²) in [7, 11) is 0. The Bertz CT molecular complexity index is 411. The number of hydrogen-bond acceptors (Lipinski definition) is 5. The van der Waals surface area contributed by atoms with E-state index in [4.69, 9.17) is 14.2 Å². The van der Waals surface area contributed by atoms with Crippen LogP contribution in [0.4, 0.5) is 5.69 Å². The predicted octanol–water partition coefficient (Wildman–Crippen LogP) is 2.05. The van der Waals surface area contributed by atoms with Crippen LogP contribution in [0.5, 0.6) is 11.5 Å². The van der Waals surface area contributed by atoms with Gasteiger partial charge in [-0.2, -0.15) is 0 Å². The third kappa shape index (κ3) is 4.58. The topological polar surface area (TPSA) is 60.0 Å². The number of unbranched alkanes of at least 4 members (excludes halogenated alkanes) is 1. The van der Waals surface area contributed by atoms with E-state index in [1.54, 1.807) is 0 Å². The first-order chi connectivity index (χ1) is 9.79. The van der Waals surface area contributed by atoms with Crippen LogP contribution in [0.15, 0.2) is 18.2 Å². The molecule has 0 saturated carbocycles. The third-order valence-corrected chi connectivity index (χ3v) is 3.04. The van der Waals surface area contributed by atoms with E-state index in [0.717, 1.165) is 30.0 Å². The number of ether oxygens (including phenoxy) is 3. The van der Waals surface area contributed by atoms with Crippen LogP contribution in [0.2, 0.25) is 0 Å². The molecular weight excluding hydrogens is 258 g/mol. The number of hydrogen-bond donors (Lipinski definition) is 2. The largest absolute Gasteiger partial charge is 0.486 e. The standard InChI is InChI=1S/C15H23NO4/c1-2-3-6-18-11-13(17)10-16-12-4-5-14-15(9-12)20-8-7-19-14/h4-5,9,13,16-17H,2-3,6-8,10-11H2,1H3. The van der Waals surface area contributed by atoms with Gasteiger partial charge >= 0.3 is 0 Å². The van der Waals surface area contributed by atoms with Crippen molar-refractivity contribution in [2.24, 2.45) is 0 Å². The van der Waals surface area contributed by atoms with Crippen molar-refractivity contribution < 1.29 is 19.3 Å². The lowest BCUT2D eigenvalue weighted by atomic mass is 10.2. The molecule has 1 aliphatic rings. The maximum absolute atomic E-state index is 9.80. The molecule has 1 aromatic carbocycles. The van der Waals surface area contributed by atoms with Gasteiger partial charge in [0.05, 0.1) is 12.7 Å². The summed E-state index contributed by atoms with van der Waals surface area (Å²) in [6.45, 7) is 4.79. The number of benzene rings is 1. The van der Waals surface area contributed by atoms with Crippen molar-refractivity contribution in [2.45, 2.75) is 25.9 Å². The lowest BCUT2D eigenvalue weighted by molar-refractivity contribution is 0.0421. The molecule has 2 N–H and O–H groups in total. The van der Waals surface area contributed by atoms with Gasteiger partial charge in [-0.25, -0.2) is 0 Å². The molecule has 1 heterocycles. The molecule has 1 aromatic rings. The second-order valence-electron chi connectivity index (χ2n) is 4.82. The minimum absolute atomic E-state index is 0.359. The molecule has 1 unspecified atom stereocenters. The van der Waals surface area contributed by atoms with Crippen molar-refractivity contribution in [3.8, 4) is 11.5 Å². The van der Waals surface area contributed by atoms with Gasteiger partial charge in [0.15, 0.2) is 11.5 Å². The second kappa shape index (κ2) is 7.97. The number of nitrogens with one attached hydrogen (secondary N) is 1. The summed E-state index contributed by atoms with van der Waals surface area (Å²) in [5.74, 6) is 1.51. The highest BCUT2D eigenvalue weighted by atomic mass is 16.6. The number of aliphatic hydroxyl groups is 1. The Kier molecular flexibility index (Phi) is 5.95. The van der Waals surface area contributed by atoms with Crippen LogP contribution in [-0.2, 0) is 4.74 Å². The fourth-order valence-electron chi connectivity index (χ4n) is 1.91. The lowest BCUT2D eigenvalue weighted by Crippen LogP contribution is -2.25. The van der Waals surface area contributed by atoms with Crippen molar-refractivity contribution in [1.29, 1.82) is 0 Å². The first kappa shape index (κ1) is 14.9. The van der Waals surface area contributed by atoms with Crippen LogP contribution in [0, 0.1) is 0 Å². The van der Waals surface area contributed by atoms with Crippen LogP contribution in [0.25, 0.3) is 0 Å². The maximum atomic E-state index is 9.80. The molecule has 2 rings (SSSR count). The Hall–Kier alpha value is -1.46. The lowest BCUT2D eigenvalue weighted by Gasteiger charge is -2.19. The molecule has 112 valence electrons. The van der Waals surface area contributed by atoms with E-state index < -0.39 is 6.10 Å². The molecular formula is C15H23NO4. The van der Waals surface area contributed by atoms with Gasteiger partial charge in [0.2, 0.25) is 0 Å². The first-order valence-electron chi connectivity index (χ1n) is 7.19. The summed E-state index contributed by atoms with van der Waals surface area (Å²) < 4.78 is 16.3. The van der Waals surface area contributed by atoms with Gasteiger partial charge < -0.3 is 24.6 Å². The molecule has 0 amide bonds. The van der Waals surface area contributed by atoms with Crippen molar-refractivity contribution >= 4 is 5.69 Å². The van der Waals surface area contributed by atoms with Gasteiger partial charge in [0, 0.05) is 24.9 Å². The summed E-state index contributed by atoms with van der Waals surface area (Å²) in [6, 6.07) is 5.68. The minimum atomic E-state index is -0.514. The number of fused-ring (bicyclic) bond motifs is 1. The smallest absolute Gasteiger partial charge is 0.163 e. The zero-order valence-corrected chi connectivity index (χ0v) is 11.9. The highest BCUT2D eigenvalue weighted by molar-refractivity contribution is 5.55.